The summed E-state index contributed by atoms with van der Waals surface area (Å²) in [6.07, 6.45) is 0.701. The number of rotatable bonds is 4. The summed E-state index contributed by atoms with van der Waals surface area (Å²) in [4.78, 5) is 26.9. The summed E-state index contributed by atoms with van der Waals surface area (Å²) in [6.45, 7) is 1.87. The average Bonchev–Trinajstić information content (AvgIpc) is 2.86. The third-order valence-electron chi connectivity index (χ3n) is 3.86. The van der Waals surface area contributed by atoms with Crippen LogP contribution >= 0.6 is 43.2 Å². The molecule has 1 N–H and O–H groups in total. The molecule has 1 atom stereocenters. The number of anilines is 1. The predicted molar refractivity (Wildman–Crippen MR) is 96.1 cm³/mol. The zero-order chi connectivity index (χ0) is 16.8. The van der Waals surface area contributed by atoms with Crippen molar-refractivity contribution < 1.29 is 9.72 Å². The van der Waals surface area contributed by atoms with Crippen LogP contribution in [0.2, 0.25) is 0 Å². The summed E-state index contributed by atoms with van der Waals surface area (Å²) < 4.78 is -0.352. The van der Waals surface area contributed by atoms with E-state index in [4.69, 9.17) is 0 Å². The zero-order valence-electron chi connectivity index (χ0n) is 11.9. The van der Waals surface area contributed by atoms with Gasteiger partial charge in [0.25, 0.3) is 5.69 Å². The summed E-state index contributed by atoms with van der Waals surface area (Å²) in [5.41, 5.74) is 0.960. The van der Waals surface area contributed by atoms with Gasteiger partial charge >= 0.3 is 0 Å². The van der Waals surface area contributed by atoms with Gasteiger partial charge in [-0.25, -0.2) is 4.98 Å². The number of nitrogens with zero attached hydrogens (tertiary/aromatic N) is 2. The highest BCUT2D eigenvalue weighted by molar-refractivity contribution is 9.25. The lowest BCUT2D eigenvalue weighted by molar-refractivity contribution is -0.384. The predicted octanol–water partition coefficient (Wildman–Crippen LogP) is 4.55. The topological polar surface area (TPSA) is 85.1 Å². The van der Waals surface area contributed by atoms with Crippen LogP contribution in [-0.2, 0) is 4.79 Å². The summed E-state index contributed by atoms with van der Waals surface area (Å²) in [5, 5.41) is 15.8. The zero-order valence-corrected chi connectivity index (χ0v) is 15.9. The number of carbonyl (C=O) groups excluding carboxylic acids is 1. The first-order valence-electron chi connectivity index (χ1n) is 6.63. The molecule has 120 valence electrons. The van der Waals surface area contributed by atoms with E-state index in [-0.39, 0.29) is 14.8 Å². The fourth-order valence-corrected chi connectivity index (χ4v) is 4.30. The molecule has 2 aromatic rings. The number of thiazole rings is 1. The van der Waals surface area contributed by atoms with E-state index in [1.807, 2.05) is 12.3 Å². The molecule has 0 aliphatic heterocycles. The molecule has 0 saturated heterocycles. The lowest BCUT2D eigenvalue weighted by Gasteiger charge is -2.10. The smallest absolute Gasteiger partial charge is 0.269 e. The average molecular weight is 461 g/mol. The molecule has 0 unspecified atom stereocenters. The van der Waals surface area contributed by atoms with Crippen molar-refractivity contribution in [3.05, 3.63) is 39.8 Å². The Morgan fingerprint density at radius 1 is 1.39 bits per heavy atom. The maximum Gasteiger partial charge on any atom is 0.269 e. The molecule has 0 bridgehead atoms. The van der Waals surface area contributed by atoms with Crippen LogP contribution in [0.5, 0.6) is 0 Å². The summed E-state index contributed by atoms with van der Waals surface area (Å²) >= 11 is 8.25. The largest absolute Gasteiger partial charge is 0.301 e. The standard InChI is InChI=1S/C14H11Br2N3O3S/c1-13(7-14(13,15)16)11(20)18-12-17-10(6-23-12)8-2-4-9(5-3-8)19(21)22/h2-6H,7H2,1H3,(H,17,18,20)/t13-/m0/s1. The van der Waals surface area contributed by atoms with Gasteiger partial charge in [0.2, 0.25) is 5.91 Å². The molecule has 9 heteroatoms. The first-order chi connectivity index (χ1) is 10.7. The fraction of sp³-hybridized carbons (Fsp3) is 0.286. The van der Waals surface area contributed by atoms with E-state index in [9.17, 15) is 14.9 Å². The molecular weight excluding hydrogens is 450 g/mol. The Morgan fingerprint density at radius 2 is 2.00 bits per heavy atom. The van der Waals surface area contributed by atoms with Crippen LogP contribution in [-0.4, -0.2) is 19.0 Å². The van der Waals surface area contributed by atoms with E-state index in [1.54, 1.807) is 12.1 Å². The first kappa shape index (κ1) is 16.5. The maximum absolute atomic E-state index is 12.3. The summed E-state index contributed by atoms with van der Waals surface area (Å²) in [6, 6.07) is 6.15. The number of hydrogen-bond donors (Lipinski definition) is 1. The minimum absolute atomic E-state index is 0.0325. The van der Waals surface area contributed by atoms with Crippen LogP contribution in [0, 0.1) is 15.5 Å². The number of carbonyl (C=O) groups is 1. The number of amides is 1. The Hall–Kier alpha value is -1.32. The Morgan fingerprint density at radius 3 is 2.52 bits per heavy atom. The van der Waals surface area contributed by atoms with Gasteiger partial charge in [0, 0.05) is 23.1 Å². The van der Waals surface area contributed by atoms with E-state index in [0.29, 0.717) is 17.2 Å². The Balaban J connectivity index is 1.73. The van der Waals surface area contributed by atoms with Gasteiger partial charge in [-0.1, -0.05) is 31.9 Å². The van der Waals surface area contributed by atoms with Crippen LogP contribution in [0.1, 0.15) is 13.3 Å². The van der Waals surface area contributed by atoms with Crippen molar-refractivity contribution in [1.29, 1.82) is 0 Å². The highest BCUT2D eigenvalue weighted by Gasteiger charge is 2.66. The molecule has 1 aromatic carbocycles. The number of alkyl halides is 2. The number of hydrogen-bond acceptors (Lipinski definition) is 5. The van der Waals surface area contributed by atoms with Crippen molar-refractivity contribution in [2.24, 2.45) is 5.41 Å². The number of nitrogens with one attached hydrogen (secondary N) is 1. The Labute approximate surface area is 152 Å². The number of aromatic nitrogens is 1. The number of non-ortho nitro benzene ring substituents is 1. The molecule has 1 heterocycles. The minimum Gasteiger partial charge on any atom is -0.301 e. The SMILES string of the molecule is C[C@@]1(C(=O)Nc2nc(-c3ccc([N+](=O)[O-])cc3)cs2)CC1(Br)Br. The van der Waals surface area contributed by atoms with Gasteiger partial charge in [0.1, 0.15) is 0 Å². The van der Waals surface area contributed by atoms with Crippen molar-refractivity contribution >= 4 is 59.9 Å². The lowest BCUT2D eigenvalue weighted by Crippen LogP contribution is -2.25. The van der Waals surface area contributed by atoms with E-state index in [0.717, 1.165) is 5.56 Å². The van der Waals surface area contributed by atoms with Crippen LogP contribution in [0.15, 0.2) is 29.6 Å². The van der Waals surface area contributed by atoms with Crippen molar-refractivity contribution in [1.82, 2.24) is 4.98 Å². The third kappa shape index (κ3) is 3.05. The molecule has 1 saturated carbocycles. The number of benzene rings is 1. The molecule has 0 spiro atoms. The van der Waals surface area contributed by atoms with Gasteiger partial charge in [-0.2, -0.15) is 0 Å². The number of nitro groups is 1. The number of nitro benzene ring substituents is 1. The van der Waals surface area contributed by atoms with E-state index in [1.165, 1.54) is 23.5 Å². The minimum atomic E-state index is -0.508. The summed E-state index contributed by atoms with van der Waals surface area (Å²) in [7, 11) is 0. The molecule has 1 fully saturated rings. The van der Waals surface area contributed by atoms with E-state index >= 15 is 0 Å². The molecule has 1 aromatic heterocycles. The van der Waals surface area contributed by atoms with Crippen molar-refractivity contribution in [2.45, 2.75) is 16.6 Å². The fourth-order valence-electron chi connectivity index (χ4n) is 2.10. The van der Waals surface area contributed by atoms with Crippen molar-refractivity contribution in [3.8, 4) is 11.3 Å². The molecular formula is C14H11Br2N3O3S. The molecule has 1 aliphatic carbocycles. The van der Waals surface area contributed by atoms with Gasteiger partial charge in [0.15, 0.2) is 5.13 Å². The van der Waals surface area contributed by atoms with Crippen LogP contribution in [0.3, 0.4) is 0 Å². The molecule has 1 aliphatic rings. The van der Waals surface area contributed by atoms with Crippen molar-refractivity contribution in [3.63, 3.8) is 0 Å². The van der Waals surface area contributed by atoms with Crippen molar-refractivity contribution in [2.75, 3.05) is 5.32 Å². The monoisotopic (exact) mass is 459 g/mol. The molecule has 1 amide bonds. The van der Waals surface area contributed by atoms with Gasteiger partial charge in [-0.15, -0.1) is 11.3 Å². The van der Waals surface area contributed by atoms with Crippen LogP contribution in [0.4, 0.5) is 10.8 Å². The third-order valence-corrected chi connectivity index (χ3v) is 6.93. The Kier molecular flexibility index (Phi) is 4.06. The molecule has 6 nitrogen and oxygen atoms in total. The maximum atomic E-state index is 12.3. The number of halogens is 2. The van der Waals surface area contributed by atoms with Crippen LogP contribution in [0.25, 0.3) is 11.3 Å². The van der Waals surface area contributed by atoms with Gasteiger partial charge in [0.05, 0.1) is 19.3 Å². The second kappa shape index (κ2) is 5.64. The van der Waals surface area contributed by atoms with E-state index in [2.05, 4.69) is 42.2 Å². The van der Waals surface area contributed by atoms with Gasteiger partial charge in [-0.3, -0.25) is 14.9 Å². The quantitative estimate of drug-likeness (QED) is 0.412. The lowest BCUT2D eigenvalue weighted by atomic mass is 10.1. The van der Waals surface area contributed by atoms with Gasteiger partial charge in [-0.05, 0) is 25.5 Å². The molecule has 3 rings (SSSR count). The highest BCUT2D eigenvalue weighted by Crippen LogP contribution is 2.66. The Bertz CT molecular complexity index is 791. The van der Waals surface area contributed by atoms with Crippen LogP contribution < -0.4 is 5.32 Å². The molecule has 0 radical (unpaired) electrons. The second-order valence-corrected chi connectivity index (χ2v) is 10.1. The highest BCUT2D eigenvalue weighted by atomic mass is 79.9. The summed E-state index contributed by atoms with van der Waals surface area (Å²) in [5.74, 6) is -0.101. The first-order valence-corrected chi connectivity index (χ1v) is 9.09. The van der Waals surface area contributed by atoms with Gasteiger partial charge < -0.3 is 5.32 Å². The normalized spacial score (nSPS) is 21.7. The van der Waals surface area contributed by atoms with E-state index < -0.39 is 10.3 Å². The second-order valence-electron chi connectivity index (χ2n) is 5.51. The molecule has 23 heavy (non-hydrogen) atoms.